The minimum Gasteiger partial charge on any atom is -0.380 e. The molecule has 0 bridgehead atoms. The Morgan fingerprint density at radius 1 is 1.44 bits per heavy atom. The molecule has 1 unspecified atom stereocenters. The Morgan fingerprint density at radius 3 is 2.81 bits per heavy atom. The third kappa shape index (κ3) is 4.77. The maximum atomic E-state index is 5.21. The van der Waals surface area contributed by atoms with Gasteiger partial charge >= 0.3 is 0 Å². The lowest BCUT2D eigenvalue weighted by molar-refractivity contribution is 0.103. The fourth-order valence-electron chi connectivity index (χ4n) is 1.46. The van der Waals surface area contributed by atoms with Gasteiger partial charge in [0.2, 0.25) is 0 Å². The molecule has 1 aromatic heterocycles. The Morgan fingerprint density at radius 2 is 2.19 bits per heavy atom. The number of ether oxygens (including phenoxy) is 1. The Kier molecular flexibility index (Phi) is 5.49. The summed E-state index contributed by atoms with van der Waals surface area (Å²) in [5.41, 5.74) is 1.09. The molecule has 4 nitrogen and oxygen atoms in total. The molecule has 0 amide bonds. The zero-order chi connectivity index (χ0) is 12.0. The van der Waals surface area contributed by atoms with E-state index in [4.69, 9.17) is 4.74 Å². The van der Waals surface area contributed by atoms with Gasteiger partial charge in [-0.15, -0.1) is 0 Å². The van der Waals surface area contributed by atoms with Gasteiger partial charge in [-0.2, -0.15) is 0 Å². The van der Waals surface area contributed by atoms with E-state index in [2.05, 4.69) is 41.8 Å². The van der Waals surface area contributed by atoms with Crippen molar-refractivity contribution in [3.8, 4) is 0 Å². The highest BCUT2D eigenvalue weighted by atomic mass is 16.5. The van der Waals surface area contributed by atoms with E-state index in [1.807, 2.05) is 6.33 Å². The van der Waals surface area contributed by atoms with E-state index in [9.17, 15) is 0 Å². The number of aromatic nitrogens is 2. The van der Waals surface area contributed by atoms with Gasteiger partial charge in [-0.1, -0.05) is 13.8 Å². The van der Waals surface area contributed by atoms with Gasteiger partial charge in [-0.05, 0) is 19.4 Å². The van der Waals surface area contributed by atoms with Gasteiger partial charge in [0.1, 0.15) is 0 Å². The highest BCUT2D eigenvalue weighted by Crippen LogP contribution is 2.00. The average molecular weight is 225 g/mol. The third-order valence-corrected chi connectivity index (χ3v) is 2.42. The molecule has 0 aliphatic heterocycles. The first-order valence-corrected chi connectivity index (χ1v) is 5.86. The molecule has 1 heterocycles. The van der Waals surface area contributed by atoms with Crippen LogP contribution in [0.5, 0.6) is 0 Å². The molecule has 92 valence electrons. The first-order chi connectivity index (χ1) is 7.61. The number of methoxy groups -OCH3 is 1. The van der Waals surface area contributed by atoms with Gasteiger partial charge in [0.25, 0.3) is 0 Å². The minimum absolute atomic E-state index is 0.227. The number of imidazole rings is 1. The molecule has 0 saturated carbocycles. The van der Waals surface area contributed by atoms with Crippen LogP contribution in [0.4, 0.5) is 0 Å². The van der Waals surface area contributed by atoms with Crippen molar-refractivity contribution in [2.45, 2.75) is 40.0 Å². The minimum atomic E-state index is 0.227. The van der Waals surface area contributed by atoms with Crippen LogP contribution in [0, 0.1) is 5.92 Å². The SMILES string of the molecule is COC(C)Cn1cnc(CNCC(C)C)c1. The van der Waals surface area contributed by atoms with Gasteiger partial charge in [0.05, 0.1) is 18.1 Å². The van der Waals surface area contributed by atoms with Crippen LogP contribution in [0.2, 0.25) is 0 Å². The number of hydrogen-bond acceptors (Lipinski definition) is 3. The first-order valence-electron chi connectivity index (χ1n) is 5.86. The monoisotopic (exact) mass is 225 g/mol. The molecule has 1 atom stereocenters. The highest BCUT2D eigenvalue weighted by Gasteiger charge is 2.03. The summed E-state index contributed by atoms with van der Waals surface area (Å²) in [7, 11) is 1.73. The molecule has 1 rings (SSSR count). The van der Waals surface area contributed by atoms with Crippen molar-refractivity contribution >= 4 is 0 Å². The molecule has 0 spiro atoms. The quantitative estimate of drug-likeness (QED) is 0.767. The van der Waals surface area contributed by atoms with E-state index in [0.29, 0.717) is 5.92 Å². The van der Waals surface area contributed by atoms with E-state index in [1.165, 1.54) is 0 Å². The molecular formula is C12H23N3O. The molecule has 0 fully saturated rings. The fourth-order valence-corrected chi connectivity index (χ4v) is 1.46. The summed E-state index contributed by atoms with van der Waals surface area (Å²) in [5, 5.41) is 3.37. The third-order valence-electron chi connectivity index (χ3n) is 2.42. The molecule has 1 aromatic rings. The smallest absolute Gasteiger partial charge is 0.0950 e. The fraction of sp³-hybridized carbons (Fsp3) is 0.750. The summed E-state index contributed by atoms with van der Waals surface area (Å²) < 4.78 is 7.28. The van der Waals surface area contributed by atoms with E-state index >= 15 is 0 Å². The standard InChI is InChI=1S/C12H23N3O/c1-10(2)5-13-6-12-8-15(9-14-12)7-11(3)16-4/h8-11,13H,5-7H2,1-4H3. The molecular weight excluding hydrogens is 202 g/mol. The Hall–Kier alpha value is -0.870. The average Bonchev–Trinajstić information content (AvgIpc) is 2.65. The second-order valence-corrected chi connectivity index (χ2v) is 4.63. The maximum absolute atomic E-state index is 5.21. The van der Waals surface area contributed by atoms with E-state index in [-0.39, 0.29) is 6.10 Å². The molecule has 0 radical (unpaired) electrons. The zero-order valence-electron chi connectivity index (χ0n) is 10.7. The zero-order valence-corrected chi connectivity index (χ0v) is 10.7. The van der Waals surface area contributed by atoms with Crippen molar-refractivity contribution < 1.29 is 4.74 Å². The van der Waals surface area contributed by atoms with Gasteiger partial charge in [0, 0.05) is 26.4 Å². The van der Waals surface area contributed by atoms with Crippen molar-refractivity contribution in [2.75, 3.05) is 13.7 Å². The Balaban J connectivity index is 2.33. The number of nitrogens with one attached hydrogen (secondary N) is 1. The lowest BCUT2D eigenvalue weighted by Gasteiger charge is -2.09. The maximum Gasteiger partial charge on any atom is 0.0950 e. The second kappa shape index (κ2) is 6.66. The summed E-state index contributed by atoms with van der Waals surface area (Å²) in [5.74, 6) is 0.676. The largest absolute Gasteiger partial charge is 0.380 e. The predicted molar refractivity (Wildman–Crippen MR) is 65.2 cm³/mol. The Labute approximate surface area is 98.0 Å². The van der Waals surface area contributed by atoms with Crippen molar-refractivity contribution in [1.29, 1.82) is 0 Å². The van der Waals surface area contributed by atoms with Crippen molar-refractivity contribution in [1.82, 2.24) is 14.9 Å². The van der Waals surface area contributed by atoms with E-state index < -0.39 is 0 Å². The highest BCUT2D eigenvalue weighted by molar-refractivity contribution is 4.96. The van der Waals surface area contributed by atoms with Crippen molar-refractivity contribution in [3.05, 3.63) is 18.2 Å². The van der Waals surface area contributed by atoms with Crippen LogP contribution >= 0.6 is 0 Å². The molecule has 0 aromatic carbocycles. The predicted octanol–water partition coefficient (Wildman–Crippen LogP) is 1.66. The number of hydrogen-bond donors (Lipinski definition) is 1. The summed E-state index contributed by atoms with van der Waals surface area (Å²) in [6.07, 6.45) is 4.16. The van der Waals surface area contributed by atoms with Gasteiger partial charge in [-0.25, -0.2) is 4.98 Å². The molecule has 1 N–H and O–H groups in total. The molecule has 0 aliphatic rings. The second-order valence-electron chi connectivity index (χ2n) is 4.63. The Bertz CT molecular complexity index is 296. The van der Waals surface area contributed by atoms with Crippen LogP contribution in [0.1, 0.15) is 26.5 Å². The van der Waals surface area contributed by atoms with Gasteiger partial charge in [0.15, 0.2) is 0 Å². The lowest BCUT2D eigenvalue weighted by Crippen LogP contribution is -2.19. The first kappa shape index (κ1) is 13.2. The van der Waals surface area contributed by atoms with E-state index in [0.717, 1.165) is 25.3 Å². The van der Waals surface area contributed by atoms with Crippen LogP contribution < -0.4 is 5.32 Å². The number of nitrogens with zero attached hydrogens (tertiary/aromatic N) is 2. The van der Waals surface area contributed by atoms with E-state index in [1.54, 1.807) is 7.11 Å². The van der Waals surface area contributed by atoms with Crippen molar-refractivity contribution in [2.24, 2.45) is 5.92 Å². The summed E-state index contributed by atoms with van der Waals surface area (Å²) in [4.78, 5) is 4.35. The normalized spacial score (nSPS) is 13.3. The van der Waals surface area contributed by atoms with Gasteiger partial charge < -0.3 is 14.6 Å². The van der Waals surface area contributed by atoms with Crippen LogP contribution in [0.15, 0.2) is 12.5 Å². The molecule has 4 heteroatoms. The molecule has 0 aliphatic carbocycles. The van der Waals surface area contributed by atoms with Crippen LogP contribution in [-0.4, -0.2) is 29.3 Å². The topological polar surface area (TPSA) is 39.1 Å². The van der Waals surface area contributed by atoms with Crippen molar-refractivity contribution in [3.63, 3.8) is 0 Å². The summed E-state index contributed by atoms with van der Waals surface area (Å²) >= 11 is 0. The summed E-state index contributed by atoms with van der Waals surface area (Å²) in [6.45, 7) is 9.18. The molecule has 0 saturated heterocycles. The molecule has 16 heavy (non-hydrogen) atoms. The van der Waals surface area contributed by atoms with Crippen LogP contribution in [0.3, 0.4) is 0 Å². The number of rotatable bonds is 7. The lowest BCUT2D eigenvalue weighted by atomic mass is 10.2. The summed E-state index contributed by atoms with van der Waals surface area (Å²) in [6, 6.07) is 0. The van der Waals surface area contributed by atoms with Crippen LogP contribution in [-0.2, 0) is 17.8 Å². The van der Waals surface area contributed by atoms with Gasteiger partial charge in [-0.3, -0.25) is 0 Å². The van der Waals surface area contributed by atoms with Crippen LogP contribution in [0.25, 0.3) is 0 Å².